The standard InChI is InChI=1S/C11H17N3OS/c12-11(3-1-4-11)6-10(15)13-5-2-9-7-16-8-14-9/h7-8H,1-6,12H2,(H,13,15). The zero-order valence-corrected chi connectivity index (χ0v) is 10.1. The number of hydrogen-bond acceptors (Lipinski definition) is 4. The summed E-state index contributed by atoms with van der Waals surface area (Å²) in [6.45, 7) is 0.651. The lowest BCUT2D eigenvalue weighted by Gasteiger charge is -2.37. The summed E-state index contributed by atoms with van der Waals surface area (Å²) >= 11 is 1.58. The maximum absolute atomic E-state index is 11.6. The van der Waals surface area contributed by atoms with Gasteiger partial charge >= 0.3 is 0 Å². The topological polar surface area (TPSA) is 68.0 Å². The van der Waals surface area contributed by atoms with Crippen LogP contribution in [0.5, 0.6) is 0 Å². The number of thiazole rings is 1. The lowest BCUT2D eigenvalue weighted by Crippen LogP contribution is -2.50. The second-order valence-corrected chi connectivity index (χ2v) is 5.19. The average Bonchev–Trinajstić information content (AvgIpc) is 2.68. The van der Waals surface area contributed by atoms with Gasteiger partial charge in [0.15, 0.2) is 0 Å². The summed E-state index contributed by atoms with van der Waals surface area (Å²) in [7, 11) is 0. The van der Waals surface area contributed by atoms with Crippen LogP contribution in [0.1, 0.15) is 31.4 Å². The summed E-state index contributed by atoms with van der Waals surface area (Å²) in [4.78, 5) is 15.7. The van der Waals surface area contributed by atoms with E-state index < -0.39 is 0 Å². The third-order valence-corrected chi connectivity index (χ3v) is 3.68. The summed E-state index contributed by atoms with van der Waals surface area (Å²) in [6, 6.07) is 0. The van der Waals surface area contributed by atoms with Crippen LogP contribution >= 0.6 is 11.3 Å². The van der Waals surface area contributed by atoms with Gasteiger partial charge in [-0.2, -0.15) is 0 Å². The zero-order chi connectivity index (χ0) is 11.4. The monoisotopic (exact) mass is 239 g/mol. The van der Waals surface area contributed by atoms with Crippen LogP contribution in [0.2, 0.25) is 0 Å². The lowest BCUT2D eigenvalue weighted by atomic mass is 9.75. The van der Waals surface area contributed by atoms with Gasteiger partial charge in [-0.05, 0) is 19.3 Å². The van der Waals surface area contributed by atoms with Gasteiger partial charge < -0.3 is 11.1 Å². The van der Waals surface area contributed by atoms with Crippen LogP contribution in [0.3, 0.4) is 0 Å². The number of carbonyl (C=O) groups excluding carboxylic acids is 1. The number of hydrogen-bond donors (Lipinski definition) is 2. The predicted octanol–water partition coefficient (Wildman–Crippen LogP) is 1.07. The first-order valence-electron chi connectivity index (χ1n) is 5.61. The van der Waals surface area contributed by atoms with E-state index in [0.29, 0.717) is 13.0 Å². The van der Waals surface area contributed by atoms with Crippen molar-refractivity contribution in [2.75, 3.05) is 6.54 Å². The van der Waals surface area contributed by atoms with Gasteiger partial charge in [0.05, 0.1) is 11.2 Å². The van der Waals surface area contributed by atoms with Crippen molar-refractivity contribution in [1.82, 2.24) is 10.3 Å². The van der Waals surface area contributed by atoms with E-state index in [2.05, 4.69) is 10.3 Å². The van der Waals surface area contributed by atoms with Crippen molar-refractivity contribution in [2.24, 2.45) is 5.73 Å². The molecule has 1 saturated carbocycles. The molecule has 0 bridgehead atoms. The first-order valence-corrected chi connectivity index (χ1v) is 6.55. The molecule has 0 saturated heterocycles. The maximum Gasteiger partial charge on any atom is 0.221 e. The molecule has 1 heterocycles. The van der Waals surface area contributed by atoms with E-state index in [1.807, 2.05) is 5.38 Å². The van der Waals surface area contributed by atoms with E-state index in [4.69, 9.17) is 5.73 Å². The van der Waals surface area contributed by atoms with Gasteiger partial charge in [-0.3, -0.25) is 4.79 Å². The van der Waals surface area contributed by atoms with Crippen LogP contribution in [-0.2, 0) is 11.2 Å². The van der Waals surface area contributed by atoms with Gasteiger partial charge in [-0.15, -0.1) is 11.3 Å². The zero-order valence-electron chi connectivity index (χ0n) is 9.24. The van der Waals surface area contributed by atoms with Gasteiger partial charge in [0.2, 0.25) is 5.91 Å². The minimum atomic E-state index is -0.218. The molecule has 0 unspecified atom stereocenters. The van der Waals surface area contributed by atoms with Crippen molar-refractivity contribution in [3.8, 4) is 0 Å². The van der Waals surface area contributed by atoms with Crippen molar-refractivity contribution in [2.45, 2.75) is 37.6 Å². The normalized spacial score (nSPS) is 17.8. The lowest BCUT2D eigenvalue weighted by molar-refractivity contribution is -0.122. The molecule has 1 aromatic rings. The molecule has 3 N–H and O–H groups in total. The summed E-state index contributed by atoms with van der Waals surface area (Å²) in [5.41, 5.74) is 8.63. The van der Waals surface area contributed by atoms with E-state index in [1.165, 1.54) is 0 Å². The molecule has 16 heavy (non-hydrogen) atoms. The SMILES string of the molecule is NC1(CC(=O)NCCc2cscn2)CCC1. The third kappa shape index (κ3) is 3.02. The number of nitrogens with one attached hydrogen (secondary N) is 1. The summed E-state index contributed by atoms with van der Waals surface area (Å²) < 4.78 is 0. The molecule has 5 heteroatoms. The summed E-state index contributed by atoms with van der Waals surface area (Å²) in [6.07, 6.45) is 4.37. The maximum atomic E-state index is 11.6. The van der Waals surface area contributed by atoms with Crippen LogP contribution in [0, 0.1) is 0 Å². The highest BCUT2D eigenvalue weighted by molar-refractivity contribution is 7.07. The highest BCUT2D eigenvalue weighted by Crippen LogP contribution is 2.31. The molecule has 0 radical (unpaired) electrons. The van der Waals surface area contributed by atoms with Crippen molar-refractivity contribution >= 4 is 17.2 Å². The summed E-state index contributed by atoms with van der Waals surface area (Å²) in [5, 5.41) is 4.89. The van der Waals surface area contributed by atoms with Gasteiger partial charge in [-0.25, -0.2) is 4.98 Å². The van der Waals surface area contributed by atoms with Crippen LogP contribution in [0.4, 0.5) is 0 Å². The fourth-order valence-corrected chi connectivity index (χ4v) is 2.47. The molecule has 0 aromatic carbocycles. The molecule has 1 fully saturated rings. The van der Waals surface area contributed by atoms with Crippen LogP contribution in [0.25, 0.3) is 0 Å². The second kappa shape index (κ2) is 4.93. The molecule has 2 rings (SSSR count). The minimum absolute atomic E-state index is 0.0671. The molecule has 1 aromatic heterocycles. The van der Waals surface area contributed by atoms with Gasteiger partial charge in [0.1, 0.15) is 0 Å². The fourth-order valence-electron chi connectivity index (χ4n) is 1.88. The Kier molecular flexibility index (Phi) is 3.56. The van der Waals surface area contributed by atoms with E-state index in [-0.39, 0.29) is 11.4 Å². The van der Waals surface area contributed by atoms with E-state index >= 15 is 0 Å². The number of nitrogens with two attached hydrogens (primary N) is 1. The summed E-state index contributed by atoms with van der Waals surface area (Å²) in [5.74, 6) is 0.0671. The number of aromatic nitrogens is 1. The quantitative estimate of drug-likeness (QED) is 0.807. The van der Waals surface area contributed by atoms with Crippen LogP contribution in [-0.4, -0.2) is 23.0 Å². The smallest absolute Gasteiger partial charge is 0.221 e. The van der Waals surface area contributed by atoms with Gasteiger partial charge in [-0.1, -0.05) is 0 Å². The van der Waals surface area contributed by atoms with Gasteiger partial charge in [0.25, 0.3) is 0 Å². The largest absolute Gasteiger partial charge is 0.356 e. The molecule has 1 aliphatic rings. The second-order valence-electron chi connectivity index (χ2n) is 4.47. The Morgan fingerprint density at radius 2 is 2.44 bits per heavy atom. The fraction of sp³-hybridized carbons (Fsp3) is 0.636. The molecular weight excluding hydrogens is 222 g/mol. The van der Waals surface area contributed by atoms with Crippen molar-refractivity contribution in [3.63, 3.8) is 0 Å². The van der Waals surface area contributed by atoms with Crippen molar-refractivity contribution < 1.29 is 4.79 Å². The Labute approximate surface area is 99.3 Å². The predicted molar refractivity (Wildman–Crippen MR) is 64.2 cm³/mol. The first-order chi connectivity index (χ1) is 7.68. The Morgan fingerprint density at radius 3 is 3.00 bits per heavy atom. The Hall–Kier alpha value is -0.940. The highest BCUT2D eigenvalue weighted by Gasteiger charge is 2.34. The van der Waals surface area contributed by atoms with Gasteiger partial charge in [0, 0.05) is 30.3 Å². The van der Waals surface area contributed by atoms with E-state index in [1.54, 1.807) is 16.8 Å². The van der Waals surface area contributed by atoms with E-state index in [0.717, 1.165) is 31.4 Å². The minimum Gasteiger partial charge on any atom is -0.356 e. The number of rotatable bonds is 5. The van der Waals surface area contributed by atoms with Crippen molar-refractivity contribution in [3.05, 3.63) is 16.6 Å². The Morgan fingerprint density at radius 1 is 1.62 bits per heavy atom. The molecule has 0 spiro atoms. The van der Waals surface area contributed by atoms with Crippen molar-refractivity contribution in [1.29, 1.82) is 0 Å². The number of amides is 1. The van der Waals surface area contributed by atoms with Crippen LogP contribution in [0.15, 0.2) is 10.9 Å². The van der Waals surface area contributed by atoms with E-state index in [9.17, 15) is 4.79 Å². The highest BCUT2D eigenvalue weighted by atomic mass is 32.1. The molecule has 1 aliphatic carbocycles. The molecule has 88 valence electrons. The molecule has 0 aliphatic heterocycles. The Bertz CT molecular complexity index is 346. The third-order valence-electron chi connectivity index (χ3n) is 3.05. The average molecular weight is 239 g/mol. The molecular formula is C11H17N3OS. The molecule has 0 atom stereocenters. The molecule has 1 amide bonds. The first kappa shape index (κ1) is 11.5. The number of nitrogens with zero attached hydrogens (tertiary/aromatic N) is 1. The molecule has 4 nitrogen and oxygen atoms in total. The number of carbonyl (C=O) groups is 1. The van der Waals surface area contributed by atoms with Crippen LogP contribution < -0.4 is 11.1 Å². The Balaban J connectivity index is 1.64.